The van der Waals surface area contributed by atoms with Crippen LogP contribution in [-0.2, 0) is 0 Å². The van der Waals surface area contributed by atoms with Crippen LogP contribution >= 0.6 is 11.6 Å². The SMILES string of the molecule is N#Cc1c(N)nc(N)nc1-c1cc(Cl)c2c(c1)OCO2. The van der Waals surface area contributed by atoms with Crippen LogP contribution < -0.4 is 20.9 Å². The standard InChI is InChI=1S/C12H8ClN5O2/c13-7-1-5(2-8-10(7)20-4-19-8)9-6(3-14)11(15)18-12(16)17-9/h1-2H,4H2,(H4,15,16,17,18). The molecular weight excluding hydrogens is 282 g/mol. The maximum absolute atomic E-state index is 9.17. The van der Waals surface area contributed by atoms with Gasteiger partial charge in [-0.1, -0.05) is 11.6 Å². The van der Waals surface area contributed by atoms with Crippen molar-refractivity contribution in [2.75, 3.05) is 18.3 Å². The number of aromatic nitrogens is 2. The zero-order valence-electron chi connectivity index (χ0n) is 10.1. The minimum Gasteiger partial charge on any atom is -0.454 e. The molecule has 8 heteroatoms. The number of rotatable bonds is 1. The summed E-state index contributed by atoms with van der Waals surface area (Å²) in [6.07, 6.45) is 0. The average molecular weight is 290 g/mol. The first-order chi connectivity index (χ1) is 9.60. The van der Waals surface area contributed by atoms with Gasteiger partial charge >= 0.3 is 0 Å². The quantitative estimate of drug-likeness (QED) is 0.817. The summed E-state index contributed by atoms with van der Waals surface area (Å²) < 4.78 is 10.5. The van der Waals surface area contributed by atoms with Gasteiger partial charge in [-0.15, -0.1) is 0 Å². The van der Waals surface area contributed by atoms with Gasteiger partial charge in [-0.3, -0.25) is 0 Å². The summed E-state index contributed by atoms with van der Waals surface area (Å²) in [5.74, 6) is 0.935. The fourth-order valence-electron chi connectivity index (χ4n) is 1.92. The molecule has 1 aromatic carbocycles. The van der Waals surface area contributed by atoms with E-state index in [0.717, 1.165) is 0 Å². The van der Waals surface area contributed by atoms with Crippen molar-refractivity contribution in [3.05, 3.63) is 22.7 Å². The summed E-state index contributed by atoms with van der Waals surface area (Å²) in [5, 5.41) is 9.53. The van der Waals surface area contributed by atoms with E-state index in [1.165, 1.54) is 0 Å². The Labute approximate surface area is 118 Å². The fourth-order valence-corrected chi connectivity index (χ4v) is 2.18. The van der Waals surface area contributed by atoms with Gasteiger partial charge in [0.1, 0.15) is 17.5 Å². The Balaban J connectivity index is 2.25. The lowest BCUT2D eigenvalue weighted by Crippen LogP contribution is -2.05. The molecule has 2 aromatic rings. The number of halogens is 1. The molecule has 3 rings (SSSR count). The second kappa shape index (κ2) is 4.43. The molecule has 20 heavy (non-hydrogen) atoms. The number of hydrogen-bond acceptors (Lipinski definition) is 7. The summed E-state index contributed by atoms with van der Waals surface area (Å²) in [7, 11) is 0. The number of nitriles is 1. The maximum atomic E-state index is 9.17. The van der Waals surface area contributed by atoms with E-state index in [2.05, 4.69) is 9.97 Å². The number of benzene rings is 1. The Bertz CT molecular complexity index is 756. The number of nitrogen functional groups attached to an aromatic ring is 2. The molecule has 0 fully saturated rings. The van der Waals surface area contributed by atoms with Crippen LogP contribution in [0.3, 0.4) is 0 Å². The van der Waals surface area contributed by atoms with Crippen molar-refractivity contribution in [1.29, 1.82) is 5.26 Å². The molecule has 100 valence electrons. The summed E-state index contributed by atoms with van der Waals surface area (Å²) in [4.78, 5) is 7.81. The first kappa shape index (κ1) is 12.3. The van der Waals surface area contributed by atoms with Gasteiger partial charge in [0.15, 0.2) is 11.5 Å². The van der Waals surface area contributed by atoms with Gasteiger partial charge in [-0.25, -0.2) is 4.98 Å². The molecule has 0 saturated carbocycles. The third-order valence-electron chi connectivity index (χ3n) is 2.77. The highest BCUT2D eigenvalue weighted by molar-refractivity contribution is 6.32. The first-order valence-electron chi connectivity index (χ1n) is 5.52. The predicted octanol–water partition coefficient (Wildman–Crippen LogP) is 1.56. The van der Waals surface area contributed by atoms with Crippen molar-refractivity contribution >= 4 is 23.4 Å². The lowest BCUT2D eigenvalue weighted by Gasteiger charge is -2.08. The molecule has 1 aromatic heterocycles. The van der Waals surface area contributed by atoms with Crippen LogP contribution in [0, 0.1) is 11.3 Å². The van der Waals surface area contributed by atoms with Gasteiger partial charge in [-0.2, -0.15) is 10.2 Å². The van der Waals surface area contributed by atoms with E-state index in [1.54, 1.807) is 12.1 Å². The number of ether oxygens (including phenoxy) is 2. The molecule has 0 unspecified atom stereocenters. The zero-order valence-corrected chi connectivity index (χ0v) is 10.8. The minimum atomic E-state index is -0.0229. The van der Waals surface area contributed by atoms with Crippen molar-refractivity contribution in [1.82, 2.24) is 9.97 Å². The van der Waals surface area contributed by atoms with Gasteiger partial charge < -0.3 is 20.9 Å². The van der Waals surface area contributed by atoms with Crippen molar-refractivity contribution < 1.29 is 9.47 Å². The monoisotopic (exact) mass is 289 g/mol. The van der Waals surface area contributed by atoms with E-state index in [0.29, 0.717) is 27.8 Å². The molecule has 0 amide bonds. The maximum Gasteiger partial charge on any atom is 0.231 e. The molecule has 4 N–H and O–H groups in total. The van der Waals surface area contributed by atoms with E-state index >= 15 is 0 Å². The zero-order chi connectivity index (χ0) is 14.3. The number of nitrogens with two attached hydrogens (primary N) is 2. The van der Waals surface area contributed by atoms with Gasteiger partial charge in [0.2, 0.25) is 12.7 Å². The number of anilines is 2. The molecular formula is C12H8ClN5O2. The van der Waals surface area contributed by atoms with E-state index in [-0.39, 0.29) is 24.1 Å². The van der Waals surface area contributed by atoms with Crippen LogP contribution in [0.1, 0.15) is 5.56 Å². The third-order valence-corrected chi connectivity index (χ3v) is 3.05. The third kappa shape index (κ3) is 1.83. The first-order valence-corrected chi connectivity index (χ1v) is 5.90. The predicted molar refractivity (Wildman–Crippen MR) is 72.1 cm³/mol. The minimum absolute atomic E-state index is 0.0174. The molecule has 0 bridgehead atoms. The van der Waals surface area contributed by atoms with Gasteiger partial charge in [0.05, 0.1) is 10.7 Å². The van der Waals surface area contributed by atoms with E-state index in [4.69, 9.17) is 32.5 Å². The molecule has 0 spiro atoms. The topological polar surface area (TPSA) is 120 Å². The van der Waals surface area contributed by atoms with Crippen molar-refractivity contribution in [3.63, 3.8) is 0 Å². The van der Waals surface area contributed by atoms with Crippen molar-refractivity contribution in [2.24, 2.45) is 0 Å². The van der Waals surface area contributed by atoms with E-state index < -0.39 is 0 Å². The number of nitrogens with zero attached hydrogens (tertiary/aromatic N) is 3. The van der Waals surface area contributed by atoms with E-state index in [1.807, 2.05) is 6.07 Å². The van der Waals surface area contributed by atoms with Crippen molar-refractivity contribution in [3.8, 4) is 28.8 Å². The van der Waals surface area contributed by atoms with Crippen LogP contribution in [-0.4, -0.2) is 16.8 Å². The highest BCUT2D eigenvalue weighted by Gasteiger charge is 2.21. The van der Waals surface area contributed by atoms with Gasteiger partial charge in [0.25, 0.3) is 0 Å². The summed E-state index contributed by atoms with van der Waals surface area (Å²) in [5.41, 5.74) is 12.2. The Morgan fingerprint density at radius 2 is 2.05 bits per heavy atom. The van der Waals surface area contributed by atoms with Crippen LogP contribution in [0.5, 0.6) is 11.5 Å². The molecule has 1 aliphatic rings. The smallest absolute Gasteiger partial charge is 0.231 e. The van der Waals surface area contributed by atoms with Crippen LogP contribution in [0.15, 0.2) is 12.1 Å². The lowest BCUT2D eigenvalue weighted by molar-refractivity contribution is 0.174. The molecule has 2 heterocycles. The highest BCUT2D eigenvalue weighted by atomic mass is 35.5. The lowest BCUT2D eigenvalue weighted by atomic mass is 10.1. The number of fused-ring (bicyclic) bond motifs is 1. The summed E-state index contributed by atoms with van der Waals surface area (Å²) in [6.45, 7) is 0.0949. The largest absolute Gasteiger partial charge is 0.454 e. The fraction of sp³-hybridized carbons (Fsp3) is 0.0833. The second-order valence-electron chi connectivity index (χ2n) is 3.99. The highest BCUT2D eigenvalue weighted by Crippen LogP contribution is 2.42. The van der Waals surface area contributed by atoms with E-state index in [9.17, 15) is 5.26 Å². The number of hydrogen-bond donors (Lipinski definition) is 2. The van der Waals surface area contributed by atoms with Crippen LogP contribution in [0.2, 0.25) is 5.02 Å². The summed E-state index contributed by atoms with van der Waals surface area (Å²) in [6, 6.07) is 5.23. The molecule has 7 nitrogen and oxygen atoms in total. The molecule has 1 aliphatic heterocycles. The van der Waals surface area contributed by atoms with Gasteiger partial charge in [-0.05, 0) is 12.1 Å². The Hall–Kier alpha value is -2.72. The molecule has 0 radical (unpaired) electrons. The Morgan fingerprint density at radius 3 is 2.80 bits per heavy atom. The second-order valence-corrected chi connectivity index (χ2v) is 4.40. The van der Waals surface area contributed by atoms with Crippen LogP contribution in [0.25, 0.3) is 11.3 Å². The Kier molecular flexibility index (Phi) is 2.73. The van der Waals surface area contributed by atoms with Crippen LogP contribution in [0.4, 0.5) is 11.8 Å². The normalized spacial score (nSPS) is 12.2. The average Bonchev–Trinajstić information content (AvgIpc) is 2.86. The summed E-state index contributed by atoms with van der Waals surface area (Å²) >= 11 is 6.11. The Morgan fingerprint density at radius 1 is 1.25 bits per heavy atom. The molecule has 0 atom stereocenters. The molecule has 0 saturated heterocycles. The van der Waals surface area contributed by atoms with Crippen molar-refractivity contribution in [2.45, 2.75) is 0 Å². The molecule has 0 aliphatic carbocycles. The van der Waals surface area contributed by atoms with Gasteiger partial charge in [0, 0.05) is 5.56 Å².